The maximum Gasteiger partial charge on any atom is 0.0355 e. The number of benzene rings is 10. The van der Waals surface area contributed by atoms with E-state index in [-0.39, 0.29) is 0 Å². The van der Waals surface area contributed by atoms with Crippen LogP contribution in [0.2, 0.25) is 0 Å². The van der Waals surface area contributed by atoms with Crippen LogP contribution in [-0.4, -0.2) is 0 Å². The van der Waals surface area contributed by atoms with Gasteiger partial charge in [0.1, 0.15) is 0 Å². The van der Waals surface area contributed by atoms with E-state index in [9.17, 15) is 0 Å². The van der Waals surface area contributed by atoms with E-state index in [4.69, 9.17) is 0 Å². The summed E-state index contributed by atoms with van der Waals surface area (Å²) in [6.07, 6.45) is 0. The summed E-state index contributed by atoms with van der Waals surface area (Å²) in [5, 5.41) is 13.3. The molecule has 0 fully saturated rings. The lowest BCUT2D eigenvalue weighted by atomic mass is 9.97. The molecule has 10 aromatic carbocycles. The highest BCUT2D eigenvalue weighted by Crippen LogP contribution is 2.45. The van der Waals surface area contributed by atoms with Gasteiger partial charge in [-0.1, -0.05) is 113 Å². The Balaban J connectivity index is 0.00000114. The molecule has 15 aromatic rings. The number of rotatable bonds is 4. The van der Waals surface area contributed by atoms with Crippen molar-refractivity contribution in [3.05, 3.63) is 194 Å². The van der Waals surface area contributed by atoms with E-state index >= 15 is 0 Å². The third-order valence-electron chi connectivity index (χ3n) is 13.5. The molecule has 0 saturated carbocycles. The summed E-state index contributed by atoms with van der Waals surface area (Å²) in [5.41, 5.74) is 10.1. The summed E-state index contributed by atoms with van der Waals surface area (Å²) in [6.45, 7) is 8.00. The van der Waals surface area contributed by atoms with Crippen molar-refractivity contribution >= 4 is 158 Å². The molecule has 0 amide bonds. The van der Waals surface area contributed by atoms with Gasteiger partial charge in [0.25, 0.3) is 0 Å². The fraction of sp³-hybridized carbons (Fsp3) is 0.0625. The Labute approximate surface area is 420 Å². The van der Waals surface area contributed by atoms with E-state index in [1.54, 1.807) is 0 Å². The highest BCUT2D eigenvalue weighted by Gasteiger charge is 2.15. The summed E-state index contributed by atoms with van der Waals surface area (Å²) < 4.78 is 13.3. The molecule has 0 aliphatic heterocycles. The van der Waals surface area contributed by atoms with Gasteiger partial charge in [-0.3, -0.25) is 0 Å². The molecule has 15 rings (SSSR count). The molecule has 0 nitrogen and oxygen atoms in total. The predicted octanol–water partition coefficient (Wildman–Crippen LogP) is 22.2. The average Bonchev–Trinajstić information content (AvgIpc) is 4.24. The third kappa shape index (κ3) is 7.01. The molecule has 0 radical (unpaired) electrons. The molecular formula is C64H44S5. The number of hydrogen-bond donors (Lipinski definition) is 0. The molecule has 0 spiro atoms. The first kappa shape index (κ1) is 42.4. The van der Waals surface area contributed by atoms with E-state index in [2.05, 4.69) is 194 Å². The summed E-state index contributed by atoms with van der Waals surface area (Å²) >= 11 is 9.41. The van der Waals surface area contributed by atoms with Gasteiger partial charge in [0, 0.05) is 101 Å². The molecule has 0 aliphatic rings. The molecule has 5 heteroatoms. The SMILES string of the molecule is CC.CC.c1ccc2c(c1)sc1ccc(-c3ccc4sc5ccc(-c6ccc7sc8ccc(-c9ccc%10sc%11ccc(-c%12ccc%13sc%14ccccc%14c%13c%12)cc%11c%10c9)cc8c7c6)cc5c4c3)cc12. The van der Waals surface area contributed by atoms with Gasteiger partial charge < -0.3 is 0 Å². The van der Waals surface area contributed by atoms with Crippen molar-refractivity contribution in [1.29, 1.82) is 0 Å². The van der Waals surface area contributed by atoms with E-state index in [1.807, 2.05) is 84.4 Å². The van der Waals surface area contributed by atoms with Crippen LogP contribution in [0.5, 0.6) is 0 Å². The molecule has 5 heterocycles. The standard InChI is InChI=1S/C60H32S5.2C2H6/c1-3-7-51-41(5-1)43-25-33(9-17-53(43)61-51)35-11-19-55-45(27-35)47-29-37(13-21-57(47)63-55)39-15-23-59-49(31-39)50-32-40(16-24-60(50)65-59)38-14-22-58-48(30-38)46-28-36(12-20-56(46)64-58)34-10-18-54-44(26-34)42-6-2-4-8-52(42)62-54;2*1-2/h1-32H;2*1-2H3. The van der Waals surface area contributed by atoms with Crippen LogP contribution in [0.4, 0.5) is 0 Å². The van der Waals surface area contributed by atoms with E-state index < -0.39 is 0 Å². The normalized spacial score (nSPS) is 11.8. The van der Waals surface area contributed by atoms with Crippen molar-refractivity contribution < 1.29 is 0 Å². The predicted molar refractivity (Wildman–Crippen MR) is 315 cm³/mol. The van der Waals surface area contributed by atoms with Crippen molar-refractivity contribution in [3.63, 3.8) is 0 Å². The van der Waals surface area contributed by atoms with Crippen molar-refractivity contribution in [2.24, 2.45) is 0 Å². The van der Waals surface area contributed by atoms with Crippen molar-refractivity contribution in [2.45, 2.75) is 27.7 Å². The Morgan fingerprint density at radius 2 is 0.333 bits per heavy atom. The fourth-order valence-electron chi connectivity index (χ4n) is 10.2. The summed E-state index contributed by atoms with van der Waals surface area (Å²) in [4.78, 5) is 0. The summed E-state index contributed by atoms with van der Waals surface area (Å²) in [7, 11) is 0. The van der Waals surface area contributed by atoms with Crippen LogP contribution in [0.15, 0.2) is 194 Å². The molecule has 0 unspecified atom stereocenters. The lowest BCUT2D eigenvalue weighted by Crippen LogP contribution is -1.80. The number of hydrogen-bond acceptors (Lipinski definition) is 5. The molecule has 0 bridgehead atoms. The fourth-order valence-corrected chi connectivity index (χ4v) is 15.6. The second kappa shape index (κ2) is 17.1. The quantitative estimate of drug-likeness (QED) is 0.165. The maximum absolute atomic E-state index is 2.42. The molecule has 0 N–H and O–H groups in total. The summed E-state index contributed by atoms with van der Waals surface area (Å²) in [6, 6.07) is 73.7. The zero-order chi connectivity index (χ0) is 46.3. The highest BCUT2D eigenvalue weighted by molar-refractivity contribution is 7.27. The second-order valence-corrected chi connectivity index (χ2v) is 22.6. The molecule has 0 aliphatic carbocycles. The smallest absolute Gasteiger partial charge is 0.0355 e. The van der Waals surface area contributed by atoms with Crippen LogP contribution in [0.25, 0.3) is 145 Å². The van der Waals surface area contributed by atoms with Crippen molar-refractivity contribution in [1.82, 2.24) is 0 Å². The first-order chi connectivity index (χ1) is 34.1. The Morgan fingerprint density at radius 1 is 0.174 bits per heavy atom. The van der Waals surface area contributed by atoms with Crippen LogP contribution in [0.1, 0.15) is 27.7 Å². The van der Waals surface area contributed by atoms with E-state index in [0.717, 1.165) is 0 Å². The van der Waals surface area contributed by atoms with Gasteiger partial charge in [-0.25, -0.2) is 0 Å². The van der Waals surface area contributed by atoms with Crippen LogP contribution >= 0.6 is 56.7 Å². The monoisotopic (exact) mass is 972 g/mol. The van der Waals surface area contributed by atoms with Gasteiger partial charge in [-0.2, -0.15) is 0 Å². The molecule has 5 aromatic heterocycles. The topological polar surface area (TPSA) is 0 Å². The Kier molecular flexibility index (Phi) is 10.5. The van der Waals surface area contributed by atoms with E-state index in [1.165, 1.54) is 145 Å². The van der Waals surface area contributed by atoms with E-state index in [0.29, 0.717) is 0 Å². The van der Waals surface area contributed by atoms with Crippen LogP contribution < -0.4 is 0 Å². The molecule has 330 valence electrons. The molecule has 69 heavy (non-hydrogen) atoms. The van der Waals surface area contributed by atoms with Gasteiger partial charge in [0.15, 0.2) is 0 Å². The lowest BCUT2D eigenvalue weighted by molar-refractivity contribution is 1.50. The Morgan fingerprint density at radius 3 is 0.536 bits per heavy atom. The molecular weight excluding hydrogens is 929 g/mol. The van der Waals surface area contributed by atoms with Crippen molar-refractivity contribution in [3.8, 4) is 44.5 Å². The van der Waals surface area contributed by atoms with Gasteiger partial charge in [0.2, 0.25) is 0 Å². The van der Waals surface area contributed by atoms with Crippen LogP contribution in [0, 0.1) is 0 Å². The minimum absolute atomic E-state index is 1.25. The molecule has 0 atom stereocenters. The number of thiophene rings is 5. The zero-order valence-electron chi connectivity index (χ0n) is 38.5. The van der Waals surface area contributed by atoms with Gasteiger partial charge in [0.05, 0.1) is 0 Å². The zero-order valence-corrected chi connectivity index (χ0v) is 42.6. The minimum Gasteiger partial charge on any atom is -0.135 e. The van der Waals surface area contributed by atoms with Crippen LogP contribution in [0.3, 0.4) is 0 Å². The first-order valence-corrected chi connectivity index (χ1v) is 27.9. The van der Waals surface area contributed by atoms with Gasteiger partial charge in [-0.15, -0.1) is 56.7 Å². The maximum atomic E-state index is 2.42. The Hall–Kier alpha value is -6.70. The third-order valence-corrected chi connectivity index (χ3v) is 19.3. The minimum atomic E-state index is 1.25. The summed E-state index contributed by atoms with van der Waals surface area (Å²) in [5.74, 6) is 0. The van der Waals surface area contributed by atoms with Gasteiger partial charge >= 0.3 is 0 Å². The second-order valence-electron chi connectivity index (χ2n) is 17.2. The van der Waals surface area contributed by atoms with Crippen LogP contribution in [-0.2, 0) is 0 Å². The number of fused-ring (bicyclic) bond motifs is 15. The largest absolute Gasteiger partial charge is 0.135 e. The lowest BCUT2D eigenvalue weighted by Gasteiger charge is -2.06. The Bertz CT molecular complexity index is 4200. The van der Waals surface area contributed by atoms with Crippen molar-refractivity contribution in [2.75, 3.05) is 0 Å². The highest BCUT2D eigenvalue weighted by atomic mass is 32.1. The average molecular weight is 973 g/mol. The first-order valence-electron chi connectivity index (χ1n) is 23.9. The molecule has 0 saturated heterocycles. The van der Waals surface area contributed by atoms with Gasteiger partial charge in [-0.05, 0) is 154 Å².